The first-order valence-electron chi connectivity index (χ1n) is 5.60. The number of hydrogen-bond donors (Lipinski definition) is 0. The Kier molecular flexibility index (Phi) is 9.35. The van der Waals surface area contributed by atoms with Crippen molar-refractivity contribution in [3.63, 3.8) is 0 Å². The molecule has 0 fully saturated rings. The second-order valence-corrected chi connectivity index (χ2v) is 6.15. The Hall–Kier alpha value is -0.123. The SMILES string of the molecule is C=CCC(C)[SiH](OCCC)OCCC. The summed E-state index contributed by atoms with van der Waals surface area (Å²) < 4.78 is 11.6. The molecule has 14 heavy (non-hydrogen) atoms. The fraction of sp³-hybridized carbons (Fsp3) is 0.818. The van der Waals surface area contributed by atoms with Gasteiger partial charge in [-0.2, -0.15) is 0 Å². The second kappa shape index (κ2) is 9.43. The van der Waals surface area contributed by atoms with Crippen molar-refractivity contribution < 1.29 is 8.85 Å². The van der Waals surface area contributed by atoms with E-state index in [0.29, 0.717) is 5.54 Å². The fourth-order valence-electron chi connectivity index (χ4n) is 1.22. The average Bonchev–Trinajstić information content (AvgIpc) is 2.18. The smallest absolute Gasteiger partial charge is 0.324 e. The Bertz CT molecular complexity index is 131. The lowest BCUT2D eigenvalue weighted by Crippen LogP contribution is -2.28. The van der Waals surface area contributed by atoms with Gasteiger partial charge in [-0.05, 0) is 19.3 Å². The Morgan fingerprint density at radius 1 is 1.21 bits per heavy atom. The van der Waals surface area contributed by atoms with Crippen molar-refractivity contribution in [1.29, 1.82) is 0 Å². The van der Waals surface area contributed by atoms with Crippen molar-refractivity contribution in [3.8, 4) is 0 Å². The third-order valence-electron chi connectivity index (χ3n) is 1.98. The average molecular weight is 216 g/mol. The number of allylic oxidation sites excluding steroid dienone is 1. The van der Waals surface area contributed by atoms with Gasteiger partial charge in [0.25, 0.3) is 0 Å². The molecule has 0 saturated heterocycles. The molecule has 84 valence electrons. The molecule has 0 rings (SSSR count). The molecule has 0 N–H and O–H groups in total. The van der Waals surface area contributed by atoms with Crippen LogP contribution in [0.5, 0.6) is 0 Å². The zero-order chi connectivity index (χ0) is 10.8. The zero-order valence-electron chi connectivity index (χ0n) is 9.79. The predicted molar refractivity (Wildman–Crippen MR) is 63.9 cm³/mol. The highest BCUT2D eigenvalue weighted by atomic mass is 28.3. The molecule has 0 heterocycles. The van der Waals surface area contributed by atoms with Gasteiger partial charge in [-0.3, -0.25) is 0 Å². The third-order valence-corrected chi connectivity index (χ3v) is 4.31. The molecule has 0 aliphatic carbocycles. The van der Waals surface area contributed by atoms with E-state index in [1.165, 1.54) is 0 Å². The van der Waals surface area contributed by atoms with Crippen molar-refractivity contribution in [2.75, 3.05) is 13.2 Å². The van der Waals surface area contributed by atoms with E-state index >= 15 is 0 Å². The molecule has 0 saturated carbocycles. The van der Waals surface area contributed by atoms with Crippen molar-refractivity contribution >= 4 is 9.28 Å². The van der Waals surface area contributed by atoms with Crippen LogP contribution in [0.3, 0.4) is 0 Å². The van der Waals surface area contributed by atoms with E-state index in [1.807, 2.05) is 6.08 Å². The van der Waals surface area contributed by atoms with Gasteiger partial charge in [-0.25, -0.2) is 0 Å². The first-order chi connectivity index (χ1) is 6.76. The summed E-state index contributed by atoms with van der Waals surface area (Å²) in [5, 5.41) is 0. The topological polar surface area (TPSA) is 18.5 Å². The Morgan fingerprint density at radius 2 is 1.71 bits per heavy atom. The van der Waals surface area contributed by atoms with E-state index in [2.05, 4.69) is 27.4 Å². The molecular weight excluding hydrogens is 192 g/mol. The lowest BCUT2D eigenvalue weighted by Gasteiger charge is -2.21. The molecule has 1 atom stereocenters. The van der Waals surface area contributed by atoms with Gasteiger partial charge in [0.15, 0.2) is 0 Å². The maximum atomic E-state index is 5.78. The van der Waals surface area contributed by atoms with Gasteiger partial charge in [-0.1, -0.05) is 26.8 Å². The molecule has 0 aromatic heterocycles. The fourth-order valence-corrected chi connectivity index (χ4v) is 3.32. The summed E-state index contributed by atoms with van der Waals surface area (Å²) in [5.41, 5.74) is 0.533. The van der Waals surface area contributed by atoms with Crippen LogP contribution in [0.25, 0.3) is 0 Å². The highest BCUT2D eigenvalue weighted by Gasteiger charge is 2.20. The molecular formula is C11H24O2Si. The second-order valence-electron chi connectivity index (χ2n) is 3.61. The first kappa shape index (κ1) is 13.9. The Morgan fingerprint density at radius 3 is 2.07 bits per heavy atom. The largest absolute Gasteiger partial charge is 0.396 e. The molecule has 1 unspecified atom stereocenters. The molecule has 0 aromatic rings. The van der Waals surface area contributed by atoms with Crippen LogP contribution >= 0.6 is 0 Å². The minimum absolute atomic E-state index is 0.533. The van der Waals surface area contributed by atoms with Gasteiger partial charge in [0, 0.05) is 18.8 Å². The van der Waals surface area contributed by atoms with Crippen LogP contribution in [0.1, 0.15) is 40.0 Å². The van der Waals surface area contributed by atoms with Crippen molar-refractivity contribution in [2.45, 2.75) is 45.6 Å². The minimum Gasteiger partial charge on any atom is -0.396 e. The molecule has 3 heteroatoms. The van der Waals surface area contributed by atoms with Gasteiger partial charge in [0.05, 0.1) is 0 Å². The maximum Gasteiger partial charge on any atom is 0.324 e. The van der Waals surface area contributed by atoms with Crippen LogP contribution in [-0.2, 0) is 8.85 Å². The van der Waals surface area contributed by atoms with Crippen LogP contribution in [0.15, 0.2) is 12.7 Å². The molecule has 0 radical (unpaired) electrons. The Balaban J connectivity index is 3.86. The van der Waals surface area contributed by atoms with Gasteiger partial charge < -0.3 is 8.85 Å². The minimum atomic E-state index is -1.45. The third kappa shape index (κ3) is 6.35. The highest BCUT2D eigenvalue weighted by Crippen LogP contribution is 2.17. The van der Waals surface area contributed by atoms with Crippen molar-refractivity contribution in [2.24, 2.45) is 0 Å². The van der Waals surface area contributed by atoms with E-state index < -0.39 is 9.28 Å². The van der Waals surface area contributed by atoms with E-state index in [-0.39, 0.29) is 0 Å². The molecule has 0 amide bonds. The van der Waals surface area contributed by atoms with Crippen LogP contribution in [0.4, 0.5) is 0 Å². The molecule has 0 aliphatic heterocycles. The summed E-state index contributed by atoms with van der Waals surface area (Å²) in [5.74, 6) is 0. The monoisotopic (exact) mass is 216 g/mol. The number of hydrogen-bond acceptors (Lipinski definition) is 2. The van der Waals surface area contributed by atoms with E-state index in [4.69, 9.17) is 8.85 Å². The molecule has 2 nitrogen and oxygen atoms in total. The van der Waals surface area contributed by atoms with E-state index in [0.717, 1.165) is 32.5 Å². The van der Waals surface area contributed by atoms with Crippen LogP contribution < -0.4 is 0 Å². The summed E-state index contributed by atoms with van der Waals surface area (Å²) in [7, 11) is -1.45. The van der Waals surface area contributed by atoms with Crippen molar-refractivity contribution in [1.82, 2.24) is 0 Å². The quantitative estimate of drug-likeness (QED) is 0.436. The predicted octanol–water partition coefficient (Wildman–Crippen LogP) is 3.03. The lowest BCUT2D eigenvalue weighted by molar-refractivity contribution is 0.189. The van der Waals surface area contributed by atoms with Crippen LogP contribution in [0.2, 0.25) is 5.54 Å². The zero-order valence-corrected chi connectivity index (χ0v) is 10.9. The first-order valence-corrected chi connectivity index (χ1v) is 7.21. The molecule has 0 bridgehead atoms. The van der Waals surface area contributed by atoms with Crippen LogP contribution in [0, 0.1) is 0 Å². The van der Waals surface area contributed by atoms with Gasteiger partial charge >= 0.3 is 9.28 Å². The van der Waals surface area contributed by atoms with Gasteiger partial charge in [-0.15, -0.1) is 6.58 Å². The highest BCUT2D eigenvalue weighted by molar-refractivity contribution is 6.46. The number of rotatable bonds is 9. The van der Waals surface area contributed by atoms with Crippen LogP contribution in [-0.4, -0.2) is 22.5 Å². The summed E-state index contributed by atoms with van der Waals surface area (Å²) in [6, 6.07) is 0. The summed E-state index contributed by atoms with van der Waals surface area (Å²) >= 11 is 0. The summed E-state index contributed by atoms with van der Waals surface area (Å²) in [4.78, 5) is 0. The normalized spacial score (nSPS) is 13.1. The van der Waals surface area contributed by atoms with Crippen molar-refractivity contribution in [3.05, 3.63) is 12.7 Å². The van der Waals surface area contributed by atoms with Gasteiger partial charge in [0.1, 0.15) is 0 Å². The molecule has 0 aromatic carbocycles. The molecule has 0 spiro atoms. The molecule has 0 aliphatic rings. The maximum absolute atomic E-state index is 5.78. The lowest BCUT2D eigenvalue weighted by atomic mass is 10.3. The van der Waals surface area contributed by atoms with E-state index in [1.54, 1.807) is 0 Å². The van der Waals surface area contributed by atoms with E-state index in [9.17, 15) is 0 Å². The summed E-state index contributed by atoms with van der Waals surface area (Å²) in [6.07, 6.45) is 5.10. The summed E-state index contributed by atoms with van der Waals surface area (Å²) in [6.45, 7) is 11.9. The Labute approximate surface area is 90.2 Å². The standard InChI is InChI=1S/C11H24O2Si/c1-5-8-11(4)14(12-9-6-2)13-10-7-3/h5,11,14H,1,6-10H2,2-4H3. The van der Waals surface area contributed by atoms with Gasteiger partial charge in [0.2, 0.25) is 0 Å².